The third-order valence-corrected chi connectivity index (χ3v) is 2.11. The van der Waals surface area contributed by atoms with Crippen molar-refractivity contribution in [3.8, 4) is 0 Å². The number of nitroso groups, excluding NO2 is 1. The molecule has 0 aliphatic carbocycles. The summed E-state index contributed by atoms with van der Waals surface area (Å²) in [5.41, 5.74) is 1.18. The smallest absolute Gasteiger partial charge is 0.408 e. The van der Waals surface area contributed by atoms with Gasteiger partial charge in [0.2, 0.25) is 0 Å². The zero-order valence-corrected chi connectivity index (χ0v) is 10.5. The molecule has 2 N–H and O–H groups in total. The van der Waals surface area contributed by atoms with Crippen molar-refractivity contribution in [2.45, 2.75) is 26.5 Å². The molecule has 1 rings (SSSR count). The largest absolute Gasteiger partial charge is 0.447 e. The average Bonchev–Trinajstić information content (AvgIpc) is 2.34. The molecule has 0 aromatic heterocycles. The number of alkyl carbamates (subject to hydrolysis) is 1. The Balaban J connectivity index is 2.29. The summed E-state index contributed by atoms with van der Waals surface area (Å²) in [5.74, 6) is 0. The van der Waals surface area contributed by atoms with Gasteiger partial charge in [-0.3, -0.25) is 5.32 Å². The van der Waals surface area contributed by atoms with E-state index in [2.05, 4.69) is 15.8 Å². The Kier molecular flexibility index (Phi) is 5.79. The average molecular weight is 251 g/mol. The van der Waals surface area contributed by atoms with Crippen LogP contribution in [0, 0.1) is 4.91 Å². The van der Waals surface area contributed by atoms with Crippen molar-refractivity contribution < 1.29 is 9.53 Å². The van der Waals surface area contributed by atoms with E-state index >= 15 is 0 Å². The Morgan fingerprint density at radius 1 is 1.39 bits per heavy atom. The lowest BCUT2D eigenvalue weighted by molar-refractivity contribution is 0.115. The van der Waals surface area contributed by atoms with E-state index in [9.17, 15) is 9.70 Å². The van der Waals surface area contributed by atoms with Crippen LogP contribution in [-0.2, 0) is 11.3 Å². The highest BCUT2D eigenvalue weighted by Gasteiger charge is 2.04. The fourth-order valence-corrected chi connectivity index (χ4v) is 1.34. The summed E-state index contributed by atoms with van der Waals surface area (Å²) in [7, 11) is 0. The third kappa shape index (κ3) is 4.92. The Hall–Kier alpha value is -1.95. The van der Waals surface area contributed by atoms with Gasteiger partial charge < -0.3 is 10.1 Å². The van der Waals surface area contributed by atoms with Gasteiger partial charge in [-0.25, -0.2) is 4.79 Å². The zero-order valence-electron chi connectivity index (χ0n) is 10.5. The standard InChI is InChI=1S/C12H17N3O3/c1-9(2)18-12(16)14-8-13-7-10-5-3-4-6-11(10)15-17/h3-6,9,13H,7-8H2,1-2H3,(H,14,16). The lowest BCUT2D eigenvalue weighted by atomic mass is 10.2. The minimum absolute atomic E-state index is 0.148. The number of nitrogens with one attached hydrogen (secondary N) is 2. The van der Waals surface area contributed by atoms with Crippen molar-refractivity contribution in [3.63, 3.8) is 0 Å². The number of nitrogens with zero attached hydrogens (tertiary/aromatic N) is 1. The predicted octanol–water partition coefficient (Wildman–Crippen LogP) is 2.27. The van der Waals surface area contributed by atoms with Crippen LogP contribution < -0.4 is 10.6 Å². The van der Waals surface area contributed by atoms with Gasteiger partial charge in [0, 0.05) is 6.54 Å². The molecule has 0 saturated heterocycles. The first-order valence-corrected chi connectivity index (χ1v) is 5.70. The summed E-state index contributed by atoms with van der Waals surface area (Å²) in [6, 6.07) is 7.02. The molecule has 0 heterocycles. The normalized spacial score (nSPS) is 10.2. The van der Waals surface area contributed by atoms with Crippen LogP contribution in [0.25, 0.3) is 0 Å². The first kappa shape index (κ1) is 14.1. The number of hydrogen-bond donors (Lipinski definition) is 2. The van der Waals surface area contributed by atoms with Gasteiger partial charge >= 0.3 is 6.09 Å². The summed E-state index contributed by atoms with van der Waals surface area (Å²) in [4.78, 5) is 21.7. The highest BCUT2D eigenvalue weighted by molar-refractivity contribution is 5.67. The maximum absolute atomic E-state index is 11.1. The monoisotopic (exact) mass is 251 g/mol. The predicted molar refractivity (Wildman–Crippen MR) is 68.4 cm³/mol. The van der Waals surface area contributed by atoms with E-state index < -0.39 is 6.09 Å². The first-order valence-electron chi connectivity index (χ1n) is 5.70. The summed E-state index contributed by atoms with van der Waals surface area (Å²) in [5, 5.41) is 8.43. The minimum atomic E-state index is -0.473. The highest BCUT2D eigenvalue weighted by atomic mass is 16.6. The molecule has 0 atom stereocenters. The maximum Gasteiger partial charge on any atom is 0.408 e. The summed E-state index contributed by atoms with van der Waals surface area (Å²) >= 11 is 0. The Morgan fingerprint density at radius 2 is 2.11 bits per heavy atom. The molecule has 6 heteroatoms. The lowest BCUT2D eigenvalue weighted by Crippen LogP contribution is -2.35. The second kappa shape index (κ2) is 7.39. The van der Waals surface area contributed by atoms with Crippen molar-refractivity contribution in [1.82, 2.24) is 10.6 Å². The third-order valence-electron chi connectivity index (χ3n) is 2.11. The summed E-state index contributed by atoms with van der Waals surface area (Å²) in [6.45, 7) is 4.26. The van der Waals surface area contributed by atoms with E-state index in [0.717, 1.165) is 5.56 Å². The van der Waals surface area contributed by atoms with Gasteiger partial charge in [0.25, 0.3) is 0 Å². The fraction of sp³-hybridized carbons (Fsp3) is 0.417. The second-order valence-corrected chi connectivity index (χ2v) is 3.95. The van der Waals surface area contributed by atoms with E-state index in [4.69, 9.17) is 4.74 Å². The molecule has 98 valence electrons. The molecule has 0 unspecified atom stereocenters. The van der Waals surface area contributed by atoms with Crippen molar-refractivity contribution >= 4 is 11.8 Å². The molecule has 1 amide bonds. The number of carbonyl (C=O) groups is 1. The quantitative estimate of drug-likeness (QED) is 0.461. The number of amides is 1. The number of ether oxygens (including phenoxy) is 1. The van der Waals surface area contributed by atoms with Crippen LogP contribution in [0.5, 0.6) is 0 Å². The molecule has 0 bridgehead atoms. The van der Waals surface area contributed by atoms with Gasteiger partial charge in [0.05, 0.1) is 12.8 Å². The second-order valence-electron chi connectivity index (χ2n) is 3.95. The van der Waals surface area contributed by atoms with Gasteiger partial charge in [-0.2, -0.15) is 0 Å². The zero-order chi connectivity index (χ0) is 13.4. The molecule has 18 heavy (non-hydrogen) atoms. The molecular weight excluding hydrogens is 234 g/mol. The molecule has 1 aromatic rings. The van der Waals surface area contributed by atoms with Crippen LogP contribution in [0.2, 0.25) is 0 Å². The fourth-order valence-electron chi connectivity index (χ4n) is 1.34. The van der Waals surface area contributed by atoms with Crippen molar-refractivity contribution in [3.05, 3.63) is 34.7 Å². The van der Waals surface area contributed by atoms with E-state index in [1.54, 1.807) is 32.0 Å². The number of hydrogen-bond acceptors (Lipinski definition) is 5. The molecule has 0 aliphatic heterocycles. The summed E-state index contributed by atoms with van der Waals surface area (Å²) in [6.07, 6.45) is -0.621. The van der Waals surface area contributed by atoms with Crippen LogP contribution in [-0.4, -0.2) is 18.9 Å². The van der Waals surface area contributed by atoms with Gasteiger partial charge in [-0.15, -0.1) is 4.91 Å². The van der Waals surface area contributed by atoms with E-state index in [-0.39, 0.29) is 12.8 Å². The maximum atomic E-state index is 11.1. The van der Waals surface area contributed by atoms with E-state index in [1.807, 2.05) is 6.07 Å². The SMILES string of the molecule is CC(C)OC(=O)NCNCc1ccccc1N=O. The molecule has 0 fully saturated rings. The number of rotatable bonds is 6. The number of benzene rings is 1. The van der Waals surface area contributed by atoms with Crippen LogP contribution in [0.1, 0.15) is 19.4 Å². The Bertz CT molecular complexity index is 407. The topological polar surface area (TPSA) is 79.8 Å². The highest BCUT2D eigenvalue weighted by Crippen LogP contribution is 2.17. The Morgan fingerprint density at radius 3 is 2.78 bits per heavy atom. The van der Waals surface area contributed by atoms with Crippen molar-refractivity contribution in [2.75, 3.05) is 6.67 Å². The first-order chi connectivity index (χ1) is 8.63. The van der Waals surface area contributed by atoms with Gasteiger partial charge in [-0.1, -0.05) is 18.2 Å². The van der Waals surface area contributed by atoms with Gasteiger partial charge in [-0.05, 0) is 30.7 Å². The van der Waals surface area contributed by atoms with Gasteiger partial charge in [0.1, 0.15) is 5.69 Å². The van der Waals surface area contributed by atoms with E-state index in [0.29, 0.717) is 12.2 Å². The van der Waals surface area contributed by atoms with Crippen molar-refractivity contribution in [2.24, 2.45) is 5.18 Å². The van der Waals surface area contributed by atoms with E-state index in [1.165, 1.54) is 0 Å². The van der Waals surface area contributed by atoms with Crippen LogP contribution in [0.4, 0.5) is 10.5 Å². The number of carbonyl (C=O) groups excluding carboxylic acids is 1. The molecular formula is C12H17N3O3. The Labute approximate surface area is 106 Å². The van der Waals surface area contributed by atoms with Crippen molar-refractivity contribution in [1.29, 1.82) is 0 Å². The molecule has 0 spiro atoms. The van der Waals surface area contributed by atoms with Crippen LogP contribution in [0.3, 0.4) is 0 Å². The minimum Gasteiger partial charge on any atom is -0.447 e. The lowest BCUT2D eigenvalue weighted by Gasteiger charge is -2.10. The molecule has 0 aliphatic rings. The van der Waals surface area contributed by atoms with Crippen LogP contribution in [0.15, 0.2) is 29.4 Å². The van der Waals surface area contributed by atoms with Crippen LogP contribution >= 0.6 is 0 Å². The summed E-state index contributed by atoms with van der Waals surface area (Å²) < 4.78 is 4.89. The van der Waals surface area contributed by atoms with Gasteiger partial charge in [0.15, 0.2) is 0 Å². The molecule has 0 saturated carbocycles. The molecule has 1 aromatic carbocycles. The molecule has 6 nitrogen and oxygen atoms in total. The molecule has 0 radical (unpaired) electrons.